The lowest BCUT2D eigenvalue weighted by Crippen LogP contribution is -2.26. The SMILES string of the molecule is O=C(Cc1ccc(Cl)cc1)n1c(Br)cc2c1CCNC2. The second kappa shape index (κ2) is 5.72. The van der Waals surface area contributed by atoms with Crippen molar-refractivity contribution in [2.24, 2.45) is 0 Å². The quantitative estimate of drug-likeness (QED) is 0.897. The van der Waals surface area contributed by atoms with Crippen LogP contribution in [0.1, 0.15) is 21.6 Å². The van der Waals surface area contributed by atoms with Gasteiger partial charge in [-0.3, -0.25) is 9.36 Å². The Balaban J connectivity index is 1.87. The van der Waals surface area contributed by atoms with Crippen molar-refractivity contribution in [1.29, 1.82) is 0 Å². The van der Waals surface area contributed by atoms with E-state index in [0.29, 0.717) is 11.4 Å². The molecular weight excluding hydrogens is 340 g/mol. The van der Waals surface area contributed by atoms with E-state index in [1.54, 1.807) is 4.57 Å². The Morgan fingerprint density at radius 2 is 2.10 bits per heavy atom. The molecule has 0 unspecified atom stereocenters. The average molecular weight is 354 g/mol. The van der Waals surface area contributed by atoms with Gasteiger partial charge in [0, 0.05) is 30.2 Å². The van der Waals surface area contributed by atoms with Crippen LogP contribution in [-0.2, 0) is 19.4 Å². The fraction of sp³-hybridized carbons (Fsp3) is 0.267. The van der Waals surface area contributed by atoms with Crippen LogP contribution in [0.2, 0.25) is 5.02 Å². The molecule has 0 radical (unpaired) electrons. The van der Waals surface area contributed by atoms with Crippen LogP contribution in [-0.4, -0.2) is 17.0 Å². The number of hydrogen-bond donors (Lipinski definition) is 1. The Kier molecular flexibility index (Phi) is 3.96. The molecule has 2 heterocycles. The van der Waals surface area contributed by atoms with E-state index >= 15 is 0 Å². The number of rotatable bonds is 2. The molecule has 5 heteroatoms. The van der Waals surface area contributed by atoms with Gasteiger partial charge in [-0.15, -0.1) is 0 Å². The van der Waals surface area contributed by atoms with Crippen molar-refractivity contribution in [3.63, 3.8) is 0 Å². The van der Waals surface area contributed by atoms with Gasteiger partial charge in [0.15, 0.2) is 0 Å². The van der Waals surface area contributed by atoms with E-state index < -0.39 is 0 Å². The van der Waals surface area contributed by atoms with E-state index in [4.69, 9.17) is 11.6 Å². The number of hydrogen-bond acceptors (Lipinski definition) is 2. The zero-order valence-electron chi connectivity index (χ0n) is 10.8. The molecule has 1 aromatic carbocycles. The first-order valence-corrected chi connectivity index (χ1v) is 7.69. The van der Waals surface area contributed by atoms with Crippen molar-refractivity contribution >= 4 is 33.4 Å². The fourth-order valence-electron chi connectivity index (χ4n) is 2.55. The summed E-state index contributed by atoms with van der Waals surface area (Å²) in [6.45, 7) is 1.74. The Bertz CT molecular complexity index is 649. The van der Waals surface area contributed by atoms with Gasteiger partial charge in [-0.2, -0.15) is 0 Å². The number of carbonyl (C=O) groups excluding carboxylic acids is 1. The number of benzene rings is 1. The monoisotopic (exact) mass is 352 g/mol. The van der Waals surface area contributed by atoms with Gasteiger partial charge in [0.25, 0.3) is 0 Å². The normalized spacial score (nSPS) is 14.1. The summed E-state index contributed by atoms with van der Waals surface area (Å²) in [6.07, 6.45) is 1.26. The molecule has 20 heavy (non-hydrogen) atoms. The Morgan fingerprint density at radius 1 is 1.35 bits per heavy atom. The second-order valence-corrected chi connectivity index (χ2v) is 6.15. The largest absolute Gasteiger partial charge is 0.312 e. The predicted molar refractivity (Wildman–Crippen MR) is 83.3 cm³/mol. The summed E-state index contributed by atoms with van der Waals surface area (Å²) in [4.78, 5) is 12.5. The van der Waals surface area contributed by atoms with Gasteiger partial charge in [-0.05, 0) is 45.3 Å². The molecular formula is C15H14BrClN2O. The van der Waals surface area contributed by atoms with E-state index in [2.05, 4.69) is 21.2 Å². The minimum atomic E-state index is 0.0855. The maximum Gasteiger partial charge on any atom is 0.236 e. The molecule has 1 N–H and O–H groups in total. The van der Waals surface area contributed by atoms with Gasteiger partial charge in [0.2, 0.25) is 5.91 Å². The number of nitrogens with zero attached hydrogens (tertiary/aromatic N) is 1. The van der Waals surface area contributed by atoms with Crippen LogP contribution >= 0.6 is 27.5 Å². The third-order valence-corrected chi connectivity index (χ3v) is 4.36. The van der Waals surface area contributed by atoms with Gasteiger partial charge in [0.1, 0.15) is 0 Å². The van der Waals surface area contributed by atoms with Crippen LogP contribution in [0.15, 0.2) is 34.9 Å². The highest BCUT2D eigenvalue weighted by atomic mass is 79.9. The zero-order chi connectivity index (χ0) is 14.1. The third kappa shape index (κ3) is 2.68. The molecule has 0 saturated heterocycles. The van der Waals surface area contributed by atoms with Crippen LogP contribution in [0, 0.1) is 0 Å². The summed E-state index contributed by atoms with van der Waals surface area (Å²) < 4.78 is 2.63. The highest BCUT2D eigenvalue weighted by Crippen LogP contribution is 2.24. The first kappa shape index (κ1) is 13.9. The third-order valence-electron chi connectivity index (χ3n) is 3.52. The molecule has 1 aromatic heterocycles. The smallest absolute Gasteiger partial charge is 0.236 e. The van der Waals surface area contributed by atoms with Gasteiger partial charge in [-0.1, -0.05) is 23.7 Å². The van der Waals surface area contributed by atoms with Crippen LogP contribution in [0.25, 0.3) is 0 Å². The van der Waals surface area contributed by atoms with Gasteiger partial charge in [0.05, 0.1) is 11.0 Å². The fourth-order valence-corrected chi connectivity index (χ4v) is 3.36. The lowest BCUT2D eigenvalue weighted by atomic mass is 10.1. The Labute approximate surface area is 131 Å². The lowest BCUT2D eigenvalue weighted by Gasteiger charge is -2.16. The summed E-state index contributed by atoms with van der Waals surface area (Å²) in [5.74, 6) is 0.0855. The molecule has 3 nitrogen and oxygen atoms in total. The summed E-state index contributed by atoms with van der Waals surface area (Å²) in [5.41, 5.74) is 3.30. The van der Waals surface area contributed by atoms with Gasteiger partial charge in [-0.25, -0.2) is 0 Å². The molecule has 0 bridgehead atoms. The van der Waals surface area contributed by atoms with Gasteiger partial charge < -0.3 is 5.32 Å². The van der Waals surface area contributed by atoms with E-state index in [9.17, 15) is 4.79 Å². The standard InChI is InChI=1S/C15H14BrClN2O/c16-14-8-11-9-18-6-5-13(11)19(14)15(20)7-10-1-3-12(17)4-2-10/h1-4,8,18H,5-7,9H2. The molecule has 1 aliphatic rings. The molecule has 0 fully saturated rings. The molecule has 1 aliphatic heterocycles. The number of carbonyl (C=O) groups is 1. The molecule has 104 valence electrons. The summed E-state index contributed by atoms with van der Waals surface area (Å²) >= 11 is 9.36. The topological polar surface area (TPSA) is 34.0 Å². The van der Waals surface area contributed by atoms with E-state index in [1.165, 1.54) is 5.56 Å². The molecule has 0 aliphatic carbocycles. The van der Waals surface area contributed by atoms with Crippen LogP contribution in [0.3, 0.4) is 0 Å². The van der Waals surface area contributed by atoms with Crippen LogP contribution in [0.4, 0.5) is 0 Å². The number of aromatic nitrogens is 1. The molecule has 2 aromatic rings. The minimum absolute atomic E-state index is 0.0855. The maximum absolute atomic E-state index is 12.5. The number of halogens is 2. The minimum Gasteiger partial charge on any atom is -0.312 e. The number of fused-ring (bicyclic) bond motifs is 1. The molecule has 0 amide bonds. The molecule has 0 saturated carbocycles. The van der Waals surface area contributed by atoms with Crippen molar-refractivity contribution in [3.8, 4) is 0 Å². The lowest BCUT2D eigenvalue weighted by molar-refractivity contribution is 0.0908. The Hall–Kier alpha value is -1.10. The average Bonchev–Trinajstić information content (AvgIpc) is 2.77. The van der Waals surface area contributed by atoms with Crippen LogP contribution in [0.5, 0.6) is 0 Å². The predicted octanol–water partition coefficient (Wildman–Crippen LogP) is 3.43. The van der Waals surface area contributed by atoms with E-state index in [1.807, 2.05) is 30.3 Å². The first-order chi connectivity index (χ1) is 9.65. The Morgan fingerprint density at radius 3 is 2.85 bits per heavy atom. The zero-order valence-corrected chi connectivity index (χ0v) is 13.2. The van der Waals surface area contributed by atoms with E-state index in [0.717, 1.165) is 35.4 Å². The second-order valence-electron chi connectivity index (χ2n) is 4.90. The summed E-state index contributed by atoms with van der Waals surface area (Å²) in [7, 11) is 0. The van der Waals surface area contributed by atoms with Crippen molar-refractivity contribution in [2.45, 2.75) is 19.4 Å². The molecule has 3 rings (SSSR count). The number of nitrogens with one attached hydrogen (secondary N) is 1. The van der Waals surface area contributed by atoms with E-state index in [-0.39, 0.29) is 5.91 Å². The summed E-state index contributed by atoms with van der Waals surface area (Å²) in [6, 6.07) is 9.45. The first-order valence-electron chi connectivity index (χ1n) is 6.52. The van der Waals surface area contributed by atoms with Crippen LogP contribution < -0.4 is 5.32 Å². The highest BCUT2D eigenvalue weighted by molar-refractivity contribution is 9.10. The summed E-state index contributed by atoms with van der Waals surface area (Å²) in [5, 5.41) is 4.00. The highest BCUT2D eigenvalue weighted by Gasteiger charge is 2.20. The maximum atomic E-state index is 12.5. The van der Waals surface area contributed by atoms with Crippen molar-refractivity contribution in [1.82, 2.24) is 9.88 Å². The molecule has 0 spiro atoms. The van der Waals surface area contributed by atoms with Crippen molar-refractivity contribution in [2.75, 3.05) is 6.54 Å². The van der Waals surface area contributed by atoms with Gasteiger partial charge >= 0.3 is 0 Å². The van der Waals surface area contributed by atoms with Crippen molar-refractivity contribution in [3.05, 3.63) is 56.8 Å². The van der Waals surface area contributed by atoms with Crippen molar-refractivity contribution < 1.29 is 4.79 Å². The molecule has 0 atom stereocenters.